The first-order valence-corrected chi connectivity index (χ1v) is 10.3. The molecule has 0 N–H and O–H groups in total. The second kappa shape index (κ2) is 5.80. The number of thiazole rings is 1. The van der Waals surface area contributed by atoms with E-state index in [9.17, 15) is 26.4 Å². The number of aromatic nitrogens is 2. The summed E-state index contributed by atoms with van der Waals surface area (Å²) in [7, 11) is -4.56. The molecule has 0 fully saturated rings. The quantitative estimate of drug-likeness (QED) is 0.748. The number of hydrogen-bond acceptors (Lipinski definition) is 5. The lowest BCUT2D eigenvalue weighted by molar-refractivity contribution is -0.106. The minimum Gasteiger partial charge on any atom is -0.294 e. The summed E-state index contributed by atoms with van der Waals surface area (Å²) in [4.78, 5) is 18.0. The molecule has 1 aliphatic carbocycles. The van der Waals surface area contributed by atoms with Crippen molar-refractivity contribution < 1.29 is 26.4 Å². The smallest absolute Gasteiger partial charge is 0.294 e. The van der Waals surface area contributed by atoms with Gasteiger partial charge in [0.2, 0.25) is 0 Å². The van der Waals surface area contributed by atoms with Crippen LogP contribution in [0.1, 0.15) is 41.3 Å². The normalized spacial score (nSPS) is 17.6. The number of imidazole rings is 1. The van der Waals surface area contributed by atoms with Crippen LogP contribution in [0.15, 0.2) is 6.20 Å². The van der Waals surface area contributed by atoms with Gasteiger partial charge in [0.1, 0.15) is 17.2 Å². The standard InChI is InChI=1S/C15H17F3N2O3S2/c1-14(2)4-3-12-10(5-14)20-6-9(19-13(20)24-12)11(21)7-25(22,23)8-15(16,17)18/h6H,3-5,7-8H2,1-2H3. The molecule has 0 bridgehead atoms. The molecule has 2 heterocycles. The molecule has 1 aliphatic rings. The molecule has 0 saturated carbocycles. The number of rotatable bonds is 4. The molecule has 0 atom stereocenters. The average molecular weight is 394 g/mol. The maximum absolute atomic E-state index is 12.3. The van der Waals surface area contributed by atoms with Crippen molar-refractivity contribution >= 4 is 31.9 Å². The van der Waals surface area contributed by atoms with E-state index in [0.717, 1.165) is 25.0 Å². The molecule has 10 heteroatoms. The Hall–Kier alpha value is -1.42. The van der Waals surface area contributed by atoms with Crippen molar-refractivity contribution in [2.75, 3.05) is 11.5 Å². The number of hydrogen-bond donors (Lipinski definition) is 0. The first kappa shape index (κ1) is 18.4. The zero-order valence-electron chi connectivity index (χ0n) is 13.7. The number of halogens is 3. The number of aryl methyl sites for hydroxylation is 1. The van der Waals surface area contributed by atoms with Gasteiger partial charge in [-0.05, 0) is 24.7 Å². The molecule has 25 heavy (non-hydrogen) atoms. The zero-order valence-corrected chi connectivity index (χ0v) is 15.3. The van der Waals surface area contributed by atoms with Crippen LogP contribution in [0.4, 0.5) is 13.2 Å². The van der Waals surface area contributed by atoms with Gasteiger partial charge in [0.25, 0.3) is 0 Å². The van der Waals surface area contributed by atoms with Gasteiger partial charge in [-0.1, -0.05) is 13.8 Å². The van der Waals surface area contributed by atoms with Crippen LogP contribution < -0.4 is 0 Å². The number of ketones is 1. The van der Waals surface area contributed by atoms with Crippen LogP contribution in [0, 0.1) is 5.41 Å². The topological polar surface area (TPSA) is 68.5 Å². The highest BCUT2D eigenvalue weighted by Gasteiger charge is 2.37. The van der Waals surface area contributed by atoms with E-state index in [-0.39, 0.29) is 11.1 Å². The number of sulfone groups is 1. The summed E-state index contributed by atoms with van der Waals surface area (Å²) in [5.74, 6) is -4.10. The largest absolute Gasteiger partial charge is 0.402 e. The third-order valence-corrected chi connectivity index (χ3v) is 6.82. The lowest BCUT2D eigenvalue weighted by Gasteiger charge is -2.29. The molecule has 0 unspecified atom stereocenters. The van der Waals surface area contributed by atoms with Crippen LogP contribution in [-0.2, 0) is 22.7 Å². The average Bonchev–Trinajstić information content (AvgIpc) is 2.92. The van der Waals surface area contributed by atoms with Gasteiger partial charge < -0.3 is 0 Å². The van der Waals surface area contributed by atoms with E-state index < -0.39 is 33.3 Å². The fraction of sp³-hybridized carbons (Fsp3) is 0.600. The van der Waals surface area contributed by atoms with Gasteiger partial charge in [0.15, 0.2) is 20.6 Å². The second-order valence-electron chi connectivity index (χ2n) is 7.16. The Labute approximate surface area is 146 Å². The summed E-state index contributed by atoms with van der Waals surface area (Å²) in [5.41, 5.74) is 1.05. The molecule has 2 aromatic rings. The third kappa shape index (κ3) is 4.05. The van der Waals surface area contributed by atoms with Crippen molar-refractivity contribution in [3.05, 3.63) is 22.5 Å². The number of Topliss-reactive ketones (excluding diaryl/α,β-unsaturated/α-hetero) is 1. The van der Waals surface area contributed by atoms with Crippen LogP contribution in [0.25, 0.3) is 4.96 Å². The highest BCUT2D eigenvalue weighted by Crippen LogP contribution is 2.38. The highest BCUT2D eigenvalue weighted by molar-refractivity contribution is 7.92. The van der Waals surface area contributed by atoms with Gasteiger partial charge in [-0.25, -0.2) is 13.4 Å². The number of carbonyl (C=O) groups is 1. The molecular weight excluding hydrogens is 377 g/mol. The first-order valence-electron chi connectivity index (χ1n) is 7.65. The predicted octanol–water partition coefficient (Wildman–Crippen LogP) is 3.07. The first-order chi connectivity index (χ1) is 11.4. The van der Waals surface area contributed by atoms with E-state index in [0.29, 0.717) is 4.96 Å². The van der Waals surface area contributed by atoms with Gasteiger partial charge in [-0.2, -0.15) is 13.2 Å². The van der Waals surface area contributed by atoms with E-state index in [1.54, 1.807) is 4.40 Å². The van der Waals surface area contributed by atoms with E-state index in [1.165, 1.54) is 22.4 Å². The Kier molecular flexibility index (Phi) is 4.26. The molecule has 0 aromatic carbocycles. The van der Waals surface area contributed by atoms with Gasteiger partial charge in [0, 0.05) is 16.8 Å². The minimum absolute atomic E-state index is 0.108. The molecule has 3 rings (SSSR count). The maximum atomic E-state index is 12.3. The fourth-order valence-electron chi connectivity index (χ4n) is 3.01. The summed E-state index contributed by atoms with van der Waals surface area (Å²) in [6.45, 7) is 4.29. The molecule has 0 saturated heterocycles. The van der Waals surface area contributed by atoms with Gasteiger partial charge in [0.05, 0.1) is 0 Å². The third-order valence-electron chi connectivity index (χ3n) is 4.20. The SMILES string of the molecule is CC1(C)CCc2sc3nc(C(=O)CS(=O)(=O)CC(F)(F)F)cn3c2C1. The number of carbonyl (C=O) groups excluding carboxylic acids is 1. The Balaban J connectivity index is 1.86. The fourth-order valence-corrected chi connectivity index (χ4v) is 5.28. The van der Waals surface area contributed by atoms with Crippen molar-refractivity contribution in [2.24, 2.45) is 5.41 Å². The Morgan fingerprint density at radius 2 is 2.08 bits per heavy atom. The van der Waals surface area contributed by atoms with E-state index in [1.807, 2.05) is 0 Å². The zero-order chi connectivity index (χ0) is 18.6. The summed E-state index contributed by atoms with van der Waals surface area (Å²) in [6.07, 6.45) is -0.654. The van der Waals surface area contributed by atoms with Gasteiger partial charge in [-0.15, -0.1) is 11.3 Å². The molecule has 0 amide bonds. The molecule has 0 radical (unpaired) electrons. The van der Waals surface area contributed by atoms with Crippen LogP contribution >= 0.6 is 11.3 Å². The molecule has 138 valence electrons. The molecule has 2 aromatic heterocycles. The van der Waals surface area contributed by atoms with Crippen LogP contribution in [0.2, 0.25) is 0 Å². The van der Waals surface area contributed by atoms with E-state index in [2.05, 4.69) is 18.8 Å². The number of fused-ring (bicyclic) bond motifs is 3. The summed E-state index contributed by atoms with van der Waals surface area (Å²) >= 11 is 1.44. The molecule has 5 nitrogen and oxygen atoms in total. The van der Waals surface area contributed by atoms with Crippen molar-refractivity contribution in [3.8, 4) is 0 Å². The summed E-state index contributed by atoms with van der Waals surface area (Å²) in [6, 6.07) is 0. The van der Waals surface area contributed by atoms with Crippen LogP contribution in [0.5, 0.6) is 0 Å². The summed E-state index contributed by atoms with van der Waals surface area (Å²) < 4.78 is 61.6. The Bertz CT molecular complexity index is 939. The monoisotopic (exact) mass is 394 g/mol. The summed E-state index contributed by atoms with van der Waals surface area (Å²) in [5, 5.41) is 0. The van der Waals surface area contributed by atoms with E-state index in [4.69, 9.17) is 0 Å². The number of nitrogens with zero attached hydrogens (tertiary/aromatic N) is 2. The number of alkyl halides is 3. The van der Waals surface area contributed by atoms with E-state index >= 15 is 0 Å². The lowest BCUT2D eigenvalue weighted by Crippen LogP contribution is -2.28. The molecule has 0 spiro atoms. The molecular formula is C15H17F3N2O3S2. The van der Waals surface area contributed by atoms with Crippen molar-refractivity contribution in [2.45, 2.75) is 39.3 Å². The van der Waals surface area contributed by atoms with Crippen molar-refractivity contribution in [1.29, 1.82) is 0 Å². The van der Waals surface area contributed by atoms with Gasteiger partial charge >= 0.3 is 6.18 Å². The molecule has 0 aliphatic heterocycles. The van der Waals surface area contributed by atoms with Crippen LogP contribution in [0.3, 0.4) is 0 Å². The Morgan fingerprint density at radius 3 is 2.72 bits per heavy atom. The highest BCUT2D eigenvalue weighted by atomic mass is 32.2. The maximum Gasteiger partial charge on any atom is 0.402 e. The van der Waals surface area contributed by atoms with Crippen LogP contribution in [-0.4, -0.2) is 41.3 Å². The van der Waals surface area contributed by atoms with Gasteiger partial charge in [-0.3, -0.25) is 9.20 Å². The second-order valence-corrected chi connectivity index (χ2v) is 10.3. The lowest BCUT2D eigenvalue weighted by atomic mass is 9.79. The Morgan fingerprint density at radius 1 is 1.40 bits per heavy atom. The minimum atomic E-state index is -4.86. The van der Waals surface area contributed by atoms with Crippen molar-refractivity contribution in [1.82, 2.24) is 9.38 Å². The predicted molar refractivity (Wildman–Crippen MR) is 87.9 cm³/mol. The van der Waals surface area contributed by atoms with Crippen molar-refractivity contribution in [3.63, 3.8) is 0 Å².